The number of hydrogen-bond donors (Lipinski definition) is 2. The number of carbonyl (C=O) groups is 1. The van der Waals surface area contributed by atoms with Crippen molar-refractivity contribution >= 4 is 29.2 Å². The Hall–Kier alpha value is -2.83. The van der Waals surface area contributed by atoms with E-state index in [1.807, 2.05) is 25.1 Å². The van der Waals surface area contributed by atoms with Gasteiger partial charge in [-0.05, 0) is 43.5 Å². The number of aryl methyl sites for hydroxylation is 1. The molecule has 1 aliphatic rings. The number of aldehydes is 1. The number of carbonyl (C=O) groups excluding carboxylic acids is 1. The molecule has 1 aliphatic heterocycles. The number of pyridine rings is 1. The van der Waals surface area contributed by atoms with E-state index in [2.05, 4.69) is 26.6 Å². The zero-order chi connectivity index (χ0) is 19.2. The summed E-state index contributed by atoms with van der Waals surface area (Å²) in [7, 11) is 1.75. The molecule has 1 saturated heterocycles. The Kier molecular flexibility index (Phi) is 6.11. The number of rotatable bonds is 7. The van der Waals surface area contributed by atoms with E-state index in [1.54, 1.807) is 13.2 Å². The van der Waals surface area contributed by atoms with E-state index < -0.39 is 6.17 Å². The maximum absolute atomic E-state index is 13.3. The van der Waals surface area contributed by atoms with E-state index in [9.17, 15) is 9.18 Å². The molecular weight excluding hydrogens is 347 g/mol. The van der Waals surface area contributed by atoms with Crippen LogP contribution in [0.5, 0.6) is 5.75 Å². The first-order valence-corrected chi connectivity index (χ1v) is 9.11. The Morgan fingerprint density at radius 2 is 2.11 bits per heavy atom. The van der Waals surface area contributed by atoms with Crippen molar-refractivity contribution < 1.29 is 13.9 Å². The van der Waals surface area contributed by atoms with Gasteiger partial charge in [0.1, 0.15) is 12.8 Å². The molecule has 0 bridgehead atoms. The molecule has 27 heavy (non-hydrogen) atoms. The molecule has 144 valence electrons. The minimum absolute atomic E-state index is 0.0247. The summed E-state index contributed by atoms with van der Waals surface area (Å²) < 4.78 is 18.8. The van der Waals surface area contributed by atoms with Crippen LogP contribution in [0.25, 0.3) is 0 Å². The highest BCUT2D eigenvalue weighted by atomic mass is 19.1. The van der Waals surface area contributed by atoms with Gasteiger partial charge in [-0.2, -0.15) is 0 Å². The monoisotopic (exact) mass is 372 g/mol. The van der Waals surface area contributed by atoms with Gasteiger partial charge in [0.25, 0.3) is 0 Å². The van der Waals surface area contributed by atoms with E-state index >= 15 is 0 Å². The summed E-state index contributed by atoms with van der Waals surface area (Å²) in [5.41, 5.74) is 3.93. The van der Waals surface area contributed by atoms with Gasteiger partial charge < -0.3 is 20.3 Å². The van der Waals surface area contributed by atoms with Gasteiger partial charge in [-0.1, -0.05) is 0 Å². The quantitative estimate of drug-likeness (QED) is 0.723. The number of alkyl halides is 1. The van der Waals surface area contributed by atoms with Crippen LogP contribution in [0.2, 0.25) is 0 Å². The fourth-order valence-electron chi connectivity index (χ4n) is 3.18. The van der Waals surface area contributed by atoms with Crippen molar-refractivity contribution in [2.75, 3.05) is 42.3 Å². The summed E-state index contributed by atoms with van der Waals surface area (Å²) >= 11 is 0. The SMILES string of the molecule is CNc1ncc(Nc2ccc(N3CCC(F)CC3)cc2C)cc1OCC=O. The topological polar surface area (TPSA) is 66.5 Å². The highest BCUT2D eigenvalue weighted by Crippen LogP contribution is 2.30. The summed E-state index contributed by atoms with van der Waals surface area (Å²) in [6, 6.07) is 7.99. The molecule has 3 rings (SSSR count). The third-order valence-electron chi connectivity index (χ3n) is 4.68. The Bertz CT molecular complexity index is 792. The van der Waals surface area contributed by atoms with Gasteiger partial charge in [0.15, 0.2) is 17.9 Å². The summed E-state index contributed by atoms with van der Waals surface area (Å²) in [6.07, 6.45) is 2.91. The first-order valence-electron chi connectivity index (χ1n) is 9.11. The maximum atomic E-state index is 13.3. The third-order valence-corrected chi connectivity index (χ3v) is 4.68. The molecule has 0 unspecified atom stereocenters. The molecule has 7 heteroatoms. The van der Waals surface area contributed by atoms with E-state index in [0.29, 0.717) is 30.7 Å². The van der Waals surface area contributed by atoms with Gasteiger partial charge in [-0.3, -0.25) is 4.79 Å². The van der Waals surface area contributed by atoms with Crippen LogP contribution in [-0.4, -0.2) is 44.2 Å². The van der Waals surface area contributed by atoms with Gasteiger partial charge in [0.2, 0.25) is 0 Å². The van der Waals surface area contributed by atoms with Crippen LogP contribution < -0.4 is 20.3 Å². The lowest BCUT2D eigenvalue weighted by molar-refractivity contribution is -0.109. The van der Waals surface area contributed by atoms with Crippen molar-refractivity contribution in [1.82, 2.24) is 4.98 Å². The minimum atomic E-state index is -0.674. The Balaban J connectivity index is 1.74. The summed E-state index contributed by atoms with van der Waals surface area (Å²) in [5, 5.41) is 6.28. The highest BCUT2D eigenvalue weighted by Gasteiger charge is 2.19. The normalized spacial score (nSPS) is 14.7. The molecule has 0 amide bonds. The van der Waals surface area contributed by atoms with Crippen molar-refractivity contribution in [3.63, 3.8) is 0 Å². The molecule has 1 aromatic carbocycles. The van der Waals surface area contributed by atoms with E-state index in [-0.39, 0.29) is 6.61 Å². The van der Waals surface area contributed by atoms with Crippen molar-refractivity contribution in [3.8, 4) is 5.75 Å². The van der Waals surface area contributed by atoms with Crippen molar-refractivity contribution in [3.05, 3.63) is 36.0 Å². The predicted molar refractivity (Wildman–Crippen MR) is 106 cm³/mol. The first-order chi connectivity index (χ1) is 13.1. The molecule has 0 radical (unpaired) electrons. The molecule has 2 N–H and O–H groups in total. The molecule has 2 heterocycles. The predicted octanol–water partition coefficient (Wildman–Crippen LogP) is 3.69. The number of ether oxygens (including phenoxy) is 1. The summed E-state index contributed by atoms with van der Waals surface area (Å²) in [6.45, 7) is 3.51. The van der Waals surface area contributed by atoms with E-state index in [1.165, 1.54) is 0 Å². The van der Waals surface area contributed by atoms with Crippen LogP contribution in [0.1, 0.15) is 18.4 Å². The van der Waals surface area contributed by atoms with Crippen LogP contribution in [0.3, 0.4) is 0 Å². The number of anilines is 4. The van der Waals surface area contributed by atoms with Crippen LogP contribution >= 0.6 is 0 Å². The smallest absolute Gasteiger partial charge is 0.168 e. The van der Waals surface area contributed by atoms with Crippen LogP contribution in [0, 0.1) is 6.92 Å². The minimum Gasteiger partial charge on any atom is -0.482 e. The number of piperidine rings is 1. The zero-order valence-corrected chi connectivity index (χ0v) is 15.7. The number of benzene rings is 1. The largest absolute Gasteiger partial charge is 0.482 e. The van der Waals surface area contributed by atoms with Gasteiger partial charge in [0, 0.05) is 37.6 Å². The Morgan fingerprint density at radius 3 is 2.78 bits per heavy atom. The zero-order valence-electron chi connectivity index (χ0n) is 15.7. The van der Waals surface area contributed by atoms with Gasteiger partial charge in [-0.15, -0.1) is 0 Å². The number of nitrogens with one attached hydrogen (secondary N) is 2. The van der Waals surface area contributed by atoms with Gasteiger partial charge in [0.05, 0.1) is 11.9 Å². The average Bonchev–Trinajstić information content (AvgIpc) is 2.68. The lowest BCUT2D eigenvalue weighted by Crippen LogP contribution is -2.34. The molecule has 0 spiro atoms. The molecule has 0 saturated carbocycles. The fourth-order valence-corrected chi connectivity index (χ4v) is 3.18. The molecule has 2 aromatic rings. The van der Waals surface area contributed by atoms with Gasteiger partial charge in [-0.25, -0.2) is 9.37 Å². The summed E-state index contributed by atoms with van der Waals surface area (Å²) in [5.74, 6) is 1.09. The highest BCUT2D eigenvalue weighted by molar-refractivity contribution is 5.69. The molecule has 0 aliphatic carbocycles. The van der Waals surface area contributed by atoms with Crippen LogP contribution in [0.4, 0.5) is 27.3 Å². The lowest BCUT2D eigenvalue weighted by Gasteiger charge is -2.31. The van der Waals surface area contributed by atoms with Crippen molar-refractivity contribution in [1.29, 1.82) is 0 Å². The molecule has 6 nitrogen and oxygen atoms in total. The second-order valence-corrected chi connectivity index (χ2v) is 6.58. The molecule has 1 fully saturated rings. The number of nitrogens with zero attached hydrogens (tertiary/aromatic N) is 2. The average molecular weight is 372 g/mol. The van der Waals surface area contributed by atoms with Crippen LogP contribution in [-0.2, 0) is 4.79 Å². The Labute approximate surface area is 158 Å². The van der Waals surface area contributed by atoms with E-state index in [4.69, 9.17) is 4.74 Å². The second-order valence-electron chi connectivity index (χ2n) is 6.58. The Morgan fingerprint density at radius 1 is 1.33 bits per heavy atom. The van der Waals surface area contributed by atoms with Gasteiger partial charge >= 0.3 is 0 Å². The van der Waals surface area contributed by atoms with E-state index in [0.717, 1.165) is 35.7 Å². The third kappa shape index (κ3) is 4.67. The standard InChI is InChI=1S/C20H25FN4O2/c1-14-11-17(25-7-5-15(21)6-8-25)3-4-18(14)24-16-12-19(27-10-9-26)20(22-2)23-13-16/h3-4,9,11-13,15,24H,5-8,10H2,1-2H3,(H,22,23). The lowest BCUT2D eigenvalue weighted by atomic mass is 10.1. The molecular formula is C20H25FN4O2. The van der Waals surface area contributed by atoms with Crippen molar-refractivity contribution in [2.24, 2.45) is 0 Å². The number of halogens is 1. The first kappa shape index (κ1) is 18.9. The van der Waals surface area contributed by atoms with Crippen LogP contribution in [0.15, 0.2) is 30.5 Å². The number of hydrogen-bond acceptors (Lipinski definition) is 6. The second kappa shape index (κ2) is 8.70. The number of aromatic nitrogens is 1. The molecule has 0 atom stereocenters. The fraction of sp³-hybridized carbons (Fsp3) is 0.400. The summed E-state index contributed by atoms with van der Waals surface area (Å²) in [4.78, 5) is 17.1. The van der Waals surface area contributed by atoms with Crippen molar-refractivity contribution in [2.45, 2.75) is 25.9 Å². The maximum Gasteiger partial charge on any atom is 0.168 e. The molecule has 1 aromatic heterocycles.